The van der Waals surface area contributed by atoms with Crippen LogP contribution in [-0.2, 0) is 14.8 Å². The van der Waals surface area contributed by atoms with E-state index >= 15 is 0 Å². The van der Waals surface area contributed by atoms with Gasteiger partial charge in [-0.2, -0.15) is 0 Å². The second-order valence-corrected chi connectivity index (χ2v) is 8.56. The van der Waals surface area contributed by atoms with Crippen molar-refractivity contribution < 1.29 is 17.9 Å². The van der Waals surface area contributed by atoms with Crippen molar-refractivity contribution in [1.82, 2.24) is 5.32 Å². The van der Waals surface area contributed by atoms with Crippen LogP contribution in [0.3, 0.4) is 0 Å². The number of para-hydroxylation sites is 1. The molecule has 0 saturated heterocycles. The SMILES string of the molecule is Cc1ccccc1NS(=O)(=O)c1ccc(OCC(=O)N[C@H](C)c2ccccc2)cc1. The first-order valence-corrected chi connectivity index (χ1v) is 11.0. The Morgan fingerprint density at radius 1 is 0.933 bits per heavy atom. The molecule has 1 amide bonds. The van der Waals surface area contributed by atoms with Crippen LogP contribution in [0.1, 0.15) is 24.1 Å². The second-order valence-electron chi connectivity index (χ2n) is 6.88. The number of ether oxygens (including phenoxy) is 1. The molecule has 0 spiro atoms. The van der Waals surface area contributed by atoms with Gasteiger partial charge in [0.2, 0.25) is 0 Å². The van der Waals surface area contributed by atoms with E-state index in [4.69, 9.17) is 4.74 Å². The maximum atomic E-state index is 12.6. The minimum absolute atomic E-state index is 0.111. The predicted octanol–water partition coefficient (Wildman–Crippen LogP) is 4.05. The summed E-state index contributed by atoms with van der Waals surface area (Å²) in [6.07, 6.45) is 0. The van der Waals surface area contributed by atoms with Gasteiger partial charge in [0.15, 0.2) is 6.61 Å². The average molecular weight is 425 g/mol. The van der Waals surface area contributed by atoms with Gasteiger partial charge in [0, 0.05) is 0 Å². The lowest BCUT2D eigenvalue weighted by Crippen LogP contribution is -2.31. The molecular weight excluding hydrogens is 400 g/mol. The molecule has 0 radical (unpaired) electrons. The molecule has 6 nitrogen and oxygen atoms in total. The third-order valence-corrected chi connectivity index (χ3v) is 5.95. The van der Waals surface area contributed by atoms with Crippen LogP contribution in [0, 0.1) is 6.92 Å². The number of anilines is 1. The molecule has 0 aliphatic rings. The van der Waals surface area contributed by atoms with Gasteiger partial charge in [0.05, 0.1) is 16.6 Å². The second kappa shape index (κ2) is 9.45. The Kier molecular flexibility index (Phi) is 6.74. The molecule has 0 aromatic heterocycles. The fraction of sp³-hybridized carbons (Fsp3) is 0.174. The van der Waals surface area contributed by atoms with E-state index in [2.05, 4.69) is 10.0 Å². The van der Waals surface area contributed by atoms with Crippen LogP contribution in [0.4, 0.5) is 5.69 Å². The van der Waals surface area contributed by atoms with Crippen molar-refractivity contribution >= 4 is 21.6 Å². The number of carbonyl (C=O) groups excluding carboxylic acids is 1. The van der Waals surface area contributed by atoms with E-state index in [-0.39, 0.29) is 23.5 Å². The molecular formula is C23H24N2O4S. The van der Waals surface area contributed by atoms with E-state index in [9.17, 15) is 13.2 Å². The molecule has 0 heterocycles. The monoisotopic (exact) mass is 424 g/mol. The molecule has 0 bridgehead atoms. The topological polar surface area (TPSA) is 84.5 Å². The minimum atomic E-state index is -3.72. The molecule has 0 unspecified atom stereocenters. The third-order valence-electron chi connectivity index (χ3n) is 4.57. The Morgan fingerprint density at radius 3 is 2.23 bits per heavy atom. The van der Waals surface area contributed by atoms with Gasteiger partial charge in [-0.05, 0) is 55.3 Å². The molecule has 1 atom stereocenters. The number of rotatable bonds is 8. The average Bonchev–Trinajstić information content (AvgIpc) is 2.75. The maximum absolute atomic E-state index is 12.6. The highest BCUT2D eigenvalue weighted by molar-refractivity contribution is 7.92. The number of sulfonamides is 1. The van der Waals surface area contributed by atoms with Gasteiger partial charge in [0.25, 0.3) is 15.9 Å². The first-order chi connectivity index (χ1) is 14.3. The highest BCUT2D eigenvalue weighted by Crippen LogP contribution is 2.21. The molecule has 0 aliphatic heterocycles. The number of carbonyl (C=O) groups is 1. The first kappa shape index (κ1) is 21.4. The highest BCUT2D eigenvalue weighted by atomic mass is 32.2. The smallest absolute Gasteiger partial charge is 0.261 e. The van der Waals surface area contributed by atoms with Crippen LogP contribution in [-0.4, -0.2) is 20.9 Å². The van der Waals surface area contributed by atoms with Crippen molar-refractivity contribution in [2.24, 2.45) is 0 Å². The van der Waals surface area contributed by atoms with E-state index in [1.807, 2.05) is 56.3 Å². The van der Waals surface area contributed by atoms with Gasteiger partial charge in [-0.3, -0.25) is 9.52 Å². The van der Waals surface area contributed by atoms with E-state index in [0.717, 1.165) is 11.1 Å². The summed E-state index contributed by atoms with van der Waals surface area (Å²) < 4.78 is 33.2. The summed E-state index contributed by atoms with van der Waals surface area (Å²) in [5.74, 6) is 0.150. The van der Waals surface area contributed by atoms with Crippen molar-refractivity contribution in [2.45, 2.75) is 24.8 Å². The lowest BCUT2D eigenvalue weighted by Gasteiger charge is -2.15. The molecule has 7 heteroatoms. The Hall–Kier alpha value is -3.32. The maximum Gasteiger partial charge on any atom is 0.261 e. The van der Waals surface area contributed by atoms with Gasteiger partial charge in [-0.25, -0.2) is 8.42 Å². The van der Waals surface area contributed by atoms with Crippen LogP contribution < -0.4 is 14.8 Å². The normalized spacial score (nSPS) is 12.1. The summed E-state index contributed by atoms with van der Waals surface area (Å²) in [6.45, 7) is 3.57. The summed E-state index contributed by atoms with van der Waals surface area (Å²) in [6, 6.07) is 22.6. The van der Waals surface area contributed by atoms with Crippen LogP contribution in [0.5, 0.6) is 5.75 Å². The Balaban J connectivity index is 1.56. The first-order valence-electron chi connectivity index (χ1n) is 9.51. The van der Waals surface area contributed by atoms with Gasteiger partial charge < -0.3 is 10.1 Å². The Morgan fingerprint density at radius 2 is 1.57 bits per heavy atom. The van der Waals surface area contributed by atoms with Crippen LogP contribution in [0.15, 0.2) is 83.8 Å². The lowest BCUT2D eigenvalue weighted by molar-refractivity contribution is -0.123. The van der Waals surface area contributed by atoms with Crippen molar-refractivity contribution in [1.29, 1.82) is 0 Å². The number of amides is 1. The van der Waals surface area contributed by atoms with Crippen molar-refractivity contribution in [3.05, 3.63) is 90.0 Å². The number of nitrogens with one attached hydrogen (secondary N) is 2. The number of hydrogen-bond acceptors (Lipinski definition) is 4. The zero-order valence-corrected chi connectivity index (χ0v) is 17.6. The summed E-state index contributed by atoms with van der Waals surface area (Å²) >= 11 is 0. The zero-order valence-electron chi connectivity index (χ0n) is 16.8. The molecule has 156 valence electrons. The fourth-order valence-corrected chi connectivity index (χ4v) is 3.99. The van der Waals surface area contributed by atoms with Crippen LogP contribution in [0.25, 0.3) is 0 Å². The van der Waals surface area contributed by atoms with E-state index in [1.54, 1.807) is 12.1 Å². The van der Waals surface area contributed by atoms with Crippen LogP contribution in [0.2, 0.25) is 0 Å². The molecule has 0 fully saturated rings. The zero-order chi connectivity index (χ0) is 21.6. The molecule has 30 heavy (non-hydrogen) atoms. The van der Waals surface area contributed by atoms with Crippen molar-refractivity contribution in [3.63, 3.8) is 0 Å². The van der Waals surface area contributed by atoms with E-state index < -0.39 is 10.0 Å². The van der Waals surface area contributed by atoms with Crippen molar-refractivity contribution in [3.8, 4) is 5.75 Å². The molecule has 2 N–H and O–H groups in total. The van der Waals surface area contributed by atoms with E-state index in [0.29, 0.717) is 11.4 Å². The quantitative estimate of drug-likeness (QED) is 0.571. The van der Waals surface area contributed by atoms with Gasteiger partial charge in [-0.1, -0.05) is 48.5 Å². The lowest BCUT2D eigenvalue weighted by atomic mass is 10.1. The molecule has 3 aromatic carbocycles. The summed E-state index contributed by atoms with van der Waals surface area (Å²) in [5.41, 5.74) is 2.36. The molecule has 0 aliphatic carbocycles. The molecule has 0 saturated carbocycles. The van der Waals surface area contributed by atoms with Crippen molar-refractivity contribution in [2.75, 3.05) is 11.3 Å². The highest BCUT2D eigenvalue weighted by Gasteiger charge is 2.15. The molecule has 3 aromatic rings. The predicted molar refractivity (Wildman–Crippen MR) is 117 cm³/mol. The Labute approximate surface area is 177 Å². The fourth-order valence-electron chi connectivity index (χ4n) is 2.86. The van der Waals surface area contributed by atoms with Crippen LogP contribution >= 0.6 is 0 Å². The van der Waals surface area contributed by atoms with Gasteiger partial charge >= 0.3 is 0 Å². The number of benzene rings is 3. The largest absolute Gasteiger partial charge is 0.484 e. The number of aryl methyl sites for hydroxylation is 1. The summed E-state index contributed by atoms with van der Waals surface area (Å²) in [4.78, 5) is 12.2. The number of hydrogen-bond donors (Lipinski definition) is 2. The Bertz CT molecular complexity index is 1100. The molecule has 3 rings (SSSR count). The summed E-state index contributed by atoms with van der Waals surface area (Å²) in [5, 5.41) is 2.86. The van der Waals surface area contributed by atoms with Gasteiger partial charge in [0.1, 0.15) is 5.75 Å². The standard InChI is InChI=1S/C23H24N2O4S/c1-17-8-6-7-11-22(17)25-30(27,28)21-14-12-20(13-15-21)29-16-23(26)24-18(2)19-9-4-3-5-10-19/h3-15,18,25H,16H2,1-2H3,(H,24,26)/t18-/m1/s1. The third kappa shape index (κ3) is 5.61. The van der Waals surface area contributed by atoms with Gasteiger partial charge in [-0.15, -0.1) is 0 Å². The minimum Gasteiger partial charge on any atom is -0.484 e. The van der Waals surface area contributed by atoms with E-state index in [1.165, 1.54) is 24.3 Å². The summed E-state index contributed by atoms with van der Waals surface area (Å²) in [7, 11) is -3.72.